The first-order chi connectivity index (χ1) is 8.86. The molecule has 100 valence electrons. The van der Waals surface area contributed by atoms with E-state index in [4.69, 9.17) is 11.6 Å². The van der Waals surface area contributed by atoms with Crippen molar-refractivity contribution >= 4 is 23.2 Å². The molecular formula is C9H5ClF3N5O. The third kappa shape index (κ3) is 3.19. The second-order valence-corrected chi connectivity index (χ2v) is 3.72. The summed E-state index contributed by atoms with van der Waals surface area (Å²) in [4.78, 5) is 18.3. The van der Waals surface area contributed by atoms with E-state index >= 15 is 0 Å². The summed E-state index contributed by atoms with van der Waals surface area (Å²) in [5.41, 5.74) is 0.257. The van der Waals surface area contributed by atoms with E-state index in [2.05, 4.69) is 20.4 Å². The van der Waals surface area contributed by atoms with Gasteiger partial charge in [-0.2, -0.15) is 18.2 Å². The molecule has 2 rings (SSSR count). The molecule has 10 heteroatoms. The number of alkyl halides is 3. The molecule has 1 amide bonds. The number of carbonyl (C=O) groups is 1. The lowest BCUT2D eigenvalue weighted by Crippen LogP contribution is -2.14. The predicted octanol–water partition coefficient (Wildman–Crippen LogP) is 2.12. The Morgan fingerprint density at radius 1 is 1.37 bits per heavy atom. The highest BCUT2D eigenvalue weighted by Crippen LogP contribution is 2.25. The Kier molecular flexibility index (Phi) is 3.38. The zero-order valence-electron chi connectivity index (χ0n) is 8.99. The van der Waals surface area contributed by atoms with Gasteiger partial charge in [-0.15, -0.1) is 5.10 Å². The Balaban J connectivity index is 2.12. The maximum atomic E-state index is 12.2. The van der Waals surface area contributed by atoms with Crippen molar-refractivity contribution in [3.05, 3.63) is 35.1 Å². The van der Waals surface area contributed by atoms with Crippen molar-refractivity contribution in [2.24, 2.45) is 0 Å². The van der Waals surface area contributed by atoms with Crippen LogP contribution >= 0.6 is 11.6 Å². The Labute approximate surface area is 109 Å². The number of carbonyl (C=O) groups excluding carboxylic acids is 1. The summed E-state index contributed by atoms with van der Waals surface area (Å²) in [6.07, 6.45) is -3.44. The molecule has 0 aliphatic rings. The molecule has 0 fully saturated rings. The van der Waals surface area contributed by atoms with Crippen LogP contribution in [0.25, 0.3) is 0 Å². The molecule has 19 heavy (non-hydrogen) atoms. The molecule has 0 spiro atoms. The number of amides is 1. The third-order valence-corrected chi connectivity index (χ3v) is 2.17. The lowest BCUT2D eigenvalue weighted by Gasteiger charge is -2.01. The molecular weight excluding hydrogens is 287 g/mol. The number of halogens is 4. The second kappa shape index (κ2) is 4.84. The number of aromatic amines is 1. The van der Waals surface area contributed by atoms with Gasteiger partial charge in [0.15, 0.2) is 0 Å². The van der Waals surface area contributed by atoms with Gasteiger partial charge in [-0.05, 0) is 12.1 Å². The molecule has 2 aromatic rings. The van der Waals surface area contributed by atoms with Crippen molar-refractivity contribution in [1.82, 2.24) is 20.2 Å². The van der Waals surface area contributed by atoms with Crippen LogP contribution in [0, 0.1) is 0 Å². The van der Waals surface area contributed by atoms with Gasteiger partial charge < -0.3 is 5.32 Å². The lowest BCUT2D eigenvalue weighted by molar-refractivity contribution is -0.144. The van der Waals surface area contributed by atoms with Crippen molar-refractivity contribution in [2.45, 2.75) is 6.18 Å². The normalized spacial score (nSPS) is 11.4. The molecule has 0 saturated carbocycles. The van der Waals surface area contributed by atoms with Crippen LogP contribution in [0.1, 0.15) is 16.4 Å². The number of anilines is 1. The fourth-order valence-electron chi connectivity index (χ4n) is 1.13. The van der Waals surface area contributed by atoms with Crippen molar-refractivity contribution in [2.75, 3.05) is 5.32 Å². The van der Waals surface area contributed by atoms with E-state index in [1.165, 1.54) is 18.3 Å². The van der Waals surface area contributed by atoms with Crippen LogP contribution in [-0.2, 0) is 6.18 Å². The summed E-state index contributed by atoms with van der Waals surface area (Å²) in [6.45, 7) is 0. The summed E-state index contributed by atoms with van der Waals surface area (Å²) < 4.78 is 36.7. The fourth-order valence-corrected chi connectivity index (χ4v) is 1.24. The van der Waals surface area contributed by atoms with Crippen LogP contribution in [-0.4, -0.2) is 26.1 Å². The van der Waals surface area contributed by atoms with Crippen molar-refractivity contribution in [3.8, 4) is 0 Å². The van der Waals surface area contributed by atoms with Crippen LogP contribution in [0.3, 0.4) is 0 Å². The van der Waals surface area contributed by atoms with E-state index in [1.54, 1.807) is 5.10 Å². The van der Waals surface area contributed by atoms with Gasteiger partial charge in [0.05, 0.1) is 11.9 Å². The summed E-state index contributed by atoms with van der Waals surface area (Å²) in [6, 6.07) is 2.85. The van der Waals surface area contributed by atoms with E-state index < -0.39 is 23.7 Å². The first-order valence-electron chi connectivity index (χ1n) is 4.79. The standard InChI is InChI=1S/C9H5ClF3N5O/c10-5-2-1-4(3-14-5)15-7(19)6-16-8(18-17-6)9(11,12)13/h1-3H,(H,15,19)(H,16,17,18). The molecule has 0 radical (unpaired) electrons. The fraction of sp³-hybridized carbons (Fsp3) is 0.111. The van der Waals surface area contributed by atoms with Gasteiger partial charge in [0.25, 0.3) is 5.91 Å². The summed E-state index contributed by atoms with van der Waals surface area (Å²) in [7, 11) is 0. The summed E-state index contributed by atoms with van der Waals surface area (Å²) in [5.74, 6) is -2.86. The average molecular weight is 292 g/mol. The third-order valence-electron chi connectivity index (χ3n) is 1.94. The zero-order chi connectivity index (χ0) is 14.0. The van der Waals surface area contributed by atoms with Gasteiger partial charge in [-0.3, -0.25) is 9.89 Å². The molecule has 0 atom stereocenters. The highest BCUT2D eigenvalue weighted by atomic mass is 35.5. The number of nitrogens with zero attached hydrogens (tertiary/aromatic N) is 3. The van der Waals surface area contributed by atoms with Crippen LogP contribution in [0.2, 0.25) is 5.15 Å². The predicted molar refractivity (Wildman–Crippen MR) is 58.6 cm³/mol. The van der Waals surface area contributed by atoms with Crippen molar-refractivity contribution in [1.29, 1.82) is 0 Å². The van der Waals surface area contributed by atoms with E-state index in [1.807, 2.05) is 0 Å². The van der Waals surface area contributed by atoms with E-state index in [0.29, 0.717) is 0 Å². The number of hydrogen-bond acceptors (Lipinski definition) is 4. The number of pyridine rings is 1. The van der Waals surface area contributed by atoms with Gasteiger partial charge >= 0.3 is 6.18 Å². The van der Waals surface area contributed by atoms with Crippen LogP contribution in [0.15, 0.2) is 18.3 Å². The molecule has 0 aliphatic heterocycles. The van der Waals surface area contributed by atoms with Crippen LogP contribution in [0.4, 0.5) is 18.9 Å². The smallest absolute Gasteiger partial charge is 0.318 e. The first kappa shape index (κ1) is 13.3. The highest BCUT2D eigenvalue weighted by molar-refractivity contribution is 6.29. The first-order valence-corrected chi connectivity index (χ1v) is 5.16. The van der Waals surface area contributed by atoms with E-state index in [0.717, 1.165) is 0 Å². The monoisotopic (exact) mass is 291 g/mol. The van der Waals surface area contributed by atoms with Crippen molar-refractivity contribution < 1.29 is 18.0 Å². The Hall–Kier alpha value is -2.16. The number of hydrogen-bond donors (Lipinski definition) is 2. The number of H-pyrrole nitrogens is 1. The largest absolute Gasteiger partial charge is 0.451 e. The van der Waals surface area contributed by atoms with Crippen molar-refractivity contribution in [3.63, 3.8) is 0 Å². The summed E-state index contributed by atoms with van der Waals surface area (Å²) in [5, 5.41) is 7.32. The van der Waals surface area contributed by atoms with Gasteiger partial charge in [0, 0.05) is 0 Å². The topological polar surface area (TPSA) is 83.6 Å². The molecule has 0 aliphatic carbocycles. The van der Waals surface area contributed by atoms with Gasteiger partial charge in [-0.25, -0.2) is 4.98 Å². The molecule has 2 aromatic heterocycles. The van der Waals surface area contributed by atoms with E-state index in [-0.39, 0.29) is 10.8 Å². The van der Waals surface area contributed by atoms with Crippen LogP contribution in [0.5, 0.6) is 0 Å². The second-order valence-electron chi connectivity index (χ2n) is 3.33. The molecule has 0 saturated heterocycles. The maximum absolute atomic E-state index is 12.2. The van der Waals surface area contributed by atoms with Gasteiger partial charge in [0.2, 0.25) is 11.6 Å². The van der Waals surface area contributed by atoms with E-state index in [9.17, 15) is 18.0 Å². The number of rotatable bonds is 2. The number of aromatic nitrogens is 4. The molecule has 6 nitrogen and oxygen atoms in total. The minimum absolute atomic E-state index is 0.218. The summed E-state index contributed by atoms with van der Waals surface area (Å²) >= 11 is 5.54. The Morgan fingerprint density at radius 2 is 2.11 bits per heavy atom. The molecule has 0 aromatic carbocycles. The Bertz CT molecular complexity index is 595. The molecule has 0 unspecified atom stereocenters. The minimum Gasteiger partial charge on any atom is -0.318 e. The number of nitrogens with one attached hydrogen (secondary N) is 2. The minimum atomic E-state index is -4.69. The van der Waals surface area contributed by atoms with Gasteiger partial charge in [-0.1, -0.05) is 11.6 Å². The highest BCUT2D eigenvalue weighted by Gasteiger charge is 2.36. The van der Waals surface area contributed by atoms with Gasteiger partial charge in [0.1, 0.15) is 5.15 Å². The Morgan fingerprint density at radius 3 is 2.63 bits per heavy atom. The maximum Gasteiger partial charge on any atom is 0.451 e. The molecule has 2 N–H and O–H groups in total. The molecule has 0 bridgehead atoms. The molecule has 2 heterocycles. The quantitative estimate of drug-likeness (QED) is 0.830. The average Bonchev–Trinajstić information content (AvgIpc) is 2.81. The zero-order valence-corrected chi connectivity index (χ0v) is 9.75. The SMILES string of the molecule is O=C(Nc1ccc(Cl)nc1)c1n[nH]c(C(F)(F)F)n1. The van der Waals surface area contributed by atoms with Crippen LogP contribution < -0.4 is 5.32 Å². The lowest BCUT2D eigenvalue weighted by atomic mass is 10.4.